The summed E-state index contributed by atoms with van der Waals surface area (Å²) >= 11 is 0. The van der Waals surface area contributed by atoms with Gasteiger partial charge in [0.1, 0.15) is 32.9 Å². The van der Waals surface area contributed by atoms with Gasteiger partial charge in [0.15, 0.2) is 5.85 Å². The molecule has 1 aliphatic heterocycles. The first-order valence-corrected chi connectivity index (χ1v) is 23.0. The lowest BCUT2D eigenvalue weighted by atomic mass is 10.3. The Labute approximate surface area is 150 Å². The summed E-state index contributed by atoms with van der Waals surface area (Å²) in [5.41, 5.74) is 0. The number of nitrogens with zero attached hydrogens (tertiary/aromatic N) is 2. The standard InChI is InChI=1S/C16H42N2OSi4/c1-20(2,3)17(21(4,5)6)16(14-13-15-19-16)18(22(7,8)9)23(10,11)12/h13-15H2,1-12H3. The minimum atomic E-state index is -1.51. The van der Waals surface area contributed by atoms with E-state index in [0.717, 1.165) is 6.61 Å². The molecule has 0 spiro atoms. The second-order valence-electron chi connectivity index (χ2n) is 11.0. The van der Waals surface area contributed by atoms with E-state index in [1.807, 2.05) is 0 Å². The third kappa shape index (κ3) is 4.68. The van der Waals surface area contributed by atoms with Crippen molar-refractivity contribution in [3.8, 4) is 0 Å². The van der Waals surface area contributed by atoms with Crippen LogP contribution in [0.25, 0.3) is 0 Å². The van der Waals surface area contributed by atoms with Gasteiger partial charge in [-0.15, -0.1) is 0 Å². The zero-order valence-electron chi connectivity index (χ0n) is 17.9. The van der Waals surface area contributed by atoms with Gasteiger partial charge >= 0.3 is 0 Å². The molecule has 1 saturated heterocycles. The second kappa shape index (κ2) is 6.48. The van der Waals surface area contributed by atoms with E-state index in [1.165, 1.54) is 12.8 Å². The molecule has 0 atom stereocenters. The highest BCUT2D eigenvalue weighted by Crippen LogP contribution is 2.44. The smallest absolute Gasteiger partial charge is 0.155 e. The van der Waals surface area contributed by atoms with E-state index in [9.17, 15) is 0 Å². The Kier molecular flexibility index (Phi) is 6.14. The molecule has 0 N–H and O–H groups in total. The summed E-state index contributed by atoms with van der Waals surface area (Å²) in [5.74, 6) is -0.121. The van der Waals surface area contributed by atoms with E-state index in [0.29, 0.717) is 0 Å². The van der Waals surface area contributed by atoms with Crippen LogP contribution in [0.1, 0.15) is 12.8 Å². The van der Waals surface area contributed by atoms with Gasteiger partial charge in [0.2, 0.25) is 0 Å². The molecular weight excluding hydrogens is 349 g/mol. The zero-order chi connectivity index (χ0) is 18.5. The second-order valence-corrected chi connectivity index (χ2v) is 31.1. The number of hydrogen-bond acceptors (Lipinski definition) is 3. The lowest BCUT2D eigenvalue weighted by molar-refractivity contribution is -0.117. The van der Waals surface area contributed by atoms with Crippen LogP contribution in [0.5, 0.6) is 0 Å². The van der Waals surface area contributed by atoms with Crippen molar-refractivity contribution >= 4 is 32.9 Å². The van der Waals surface area contributed by atoms with Crippen LogP contribution in [0.3, 0.4) is 0 Å². The Morgan fingerprint density at radius 3 is 1.09 bits per heavy atom. The Hall–Kier alpha value is 0.748. The van der Waals surface area contributed by atoms with E-state index in [-0.39, 0.29) is 5.85 Å². The lowest BCUT2D eigenvalue weighted by Gasteiger charge is -2.63. The number of hydrogen-bond donors (Lipinski definition) is 0. The van der Waals surface area contributed by atoms with Crippen molar-refractivity contribution in [2.45, 2.75) is 97.3 Å². The van der Waals surface area contributed by atoms with Gasteiger partial charge in [0.25, 0.3) is 0 Å². The van der Waals surface area contributed by atoms with Crippen LogP contribution in [-0.2, 0) is 4.74 Å². The largest absolute Gasteiger partial charge is 0.349 e. The summed E-state index contributed by atoms with van der Waals surface area (Å²) in [6, 6.07) is 0. The third-order valence-corrected chi connectivity index (χ3v) is 19.2. The highest BCUT2D eigenvalue weighted by molar-refractivity contribution is 6.92. The normalized spacial score (nSPS) is 20.6. The van der Waals surface area contributed by atoms with Crippen LogP contribution < -0.4 is 0 Å². The van der Waals surface area contributed by atoms with Crippen molar-refractivity contribution in [2.75, 3.05) is 6.61 Å². The molecule has 0 saturated carbocycles. The highest BCUT2D eigenvalue weighted by Gasteiger charge is 2.59. The summed E-state index contributed by atoms with van der Waals surface area (Å²) < 4.78 is 12.7. The minimum absolute atomic E-state index is 0.121. The SMILES string of the molecule is C[Si](C)(C)N(C1(N([Si](C)(C)C)[Si](C)(C)C)CCCO1)[Si](C)(C)C. The monoisotopic (exact) mass is 390 g/mol. The van der Waals surface area contributed by atoms with Crippen molar-refractivity contribution in [3.63, 3.8) is 0 Å². The van der Waals surface area contributed by atoms with Crippen LogP contribution in [0.2, 0.25) is 78.6 Å². The predicted molar refractivity (Wildman–Crippen MR) is 115 cm³/mol. The molecule has 0 amide bonds. The summed E-state index contributed by atoms with van der Waals surface area (Å²) in [6.07, 6.45) is 2.40. The van der Waals surface area contributed by atoms with Gasteiger partial charge in [-0.3, -0.25) is 0 Å². The van der Waals surface area contributed by atoms with Crippen molar-refractivity contribution in [1.29, 1.82) is 0 Å². The summed E-state index contributed by atoms with van der Waals surface area (Å²) in [4.78, 5) is 0. The fourth-order valence-electron chi connectivity index (χ4n) is 5.17. The van der Waals surface area contributed by atoms with E-state index in [1.54, 1.807) is 0 Å². The topological polar surface area (TPSA) is 15.7 Å². The van der Waals surface area contributed by atoms with Crippen LogP contribution >= 0.6 is 0 Å². The van der Waals surface area contributed by atoms with Gasteiger partial charge in [-0.25, -0.2) is 0 Å². The molecule has 1 heterocycles. The first-order valence-electron chi connectivity index (χ1n) is 9.19. The molecule has 0 unspecified atom stereocenters. The molecule has 0 aliphatic carbocycles. The molecule has 138 valence electrons. The summed E-state index contributed by atoms with van der Waals surface area (Å²) in [7, 11) is -6.03. The fourth-order valence-corrected chi connectivity index (χ4v) is 27.0. The maximum absolute atomic E-state index is 6.76. The highest BCUT2D eigenvalue weighted by atomic mass is 28.4. The van der Waals surface area contributed by atoms with Gasteiger partial charge in [-0.05, 0) is 6.42 Å². The molecule has 0 radical (unpaired) electrons. The first-order chi connectivity index (χ1) is 9.94. The third-order valence-electron chi connectivity index (χ3n) is 4.36. The van der Waals surface area contributed by atoms with Crippen molar-refractivity contribution in [3.05, 3.63) is 0 Å². The molecule has 0 aromatic carbocycles. The van der Waals surface area contributed by atoms with Crippen molar-refractivity contribution in [2.24, 2.45) is 0 Å². The average molecular weight is 391 g/mol. The maximum Gasteiger partial charge on any atom is 0.155 e. The van der Waals surface area contributed by atoms with Crippen LogP contribution in [0.4, 0.5) is 0 Å². The molecule has 3 nitrogen and oxygen atoms in total. The Bertz CT molecular complexity index is 348. The summed E-state index contributed by atoms with van der Waals surface area (Å²) in [6.45, 7) is 31.1. The minimum Gasteiger partial charge on any atom is -0.349 e. The zero-order valence-corrected chi connectivity index (χ0v) is 21.9. The lowest BCUT2D eigenvalue weighted by Crippen LogP contribution is -2.81. The quantitative estimate of drug-likeness (QED) is 0.446. The average Bonchev–Trinajstić information content (AvgIpc) is 2.55. The number of rotatable bonds is 6. The van der Waals surface area contributed by atoms with Crippen LogP contribution in [0.15, 0.2) is 0 Å². The Morgan fingerprint density at radius 1 is 0.609 bits per heavy atom. The van der Waals surface area contributed by atoms with Gasteiger partial charge < -0.3 is 13.2 Å². The van der Waals surface area contributed by atoms with Gasteiger partial charge in [0.05, 0.1) is 6.61 Å². The van der Waals surface area contributed by atoms with Crippen LogP contribution in [-0.4, -0.2) is 53.9 Å². The number of ether oxygens (including phenoxy) is 1. The van der Waals surface area contributed by atoms with Gasteiger partial charge in [-0.1, -0.05) is 78.6 Å². The Balaban J connectivity index is 3.63. The summed E-state index contributed by atoms with van der Waals surface area (Å²) in [5, 5.41) is 0. The van der Waals surface area contributed by atoms with Gasteiger partial charge in [0, 0.05) is 6.42 Å². The molecule has 23 heavy (non-hydrogen) atoms. The van der Waals surface area contributed by atoms with E-state index >= 15 is 0 Å². The maximum atomic E-state index is 6.76. The van der Waals surface area contributed by atoms with E-state index in [2.05, 4.69) is 87.0 Å². The molecule has 0 aromatic rings. The molecule has 1 fully saturated rings. The predicted octanol–water partition coefficient (Wildman–Crippen LogP) is 5.39. The molecular formula is C16H42N2OSi4. The van der Waals surface area contributed by atoms with E-state index < -0.39 is 32.9 Å². The fraction of sp³-hybridized carbons (Fsp3) is 1.00. The molecule has 1 rings (SSSR count). The van der Waals surface area contributed by atoms with E-state index in [4.69, 9.17) is 4.74 Å². The van der Waals surface area contributed by atoms with Crippen molar-refractivity contribution < 1.29 is 4.74 Å². The first kappa shape index (κ1) is 21.8. The Morgan fingerprint density at radius 2 is 0.913 bits per heavy atom. The molecule has 0 aromatic heterocycles. The van der Waals surface area contributed by atoms with Crippen LogP contribution in [0, 0.1) is 0 Å². The molecule has 1 aliphatic rings. The molecule has 0 bridgehead atoms. The van der Waals surface area contributed by atoms with Crippen molar-refractivity contribution in [1.82, 2.24) is 8.46 Å². The van der Waals surface area contributed by atoms with Gasteiger partial charge in [-0.2, -0.15) is 0 Å². The molecule has 7 heteroatoms.